The number of rotatable bonds is 2. The maximum atomic E-state index is 10.5. The van der Waals surface area contributed by atoms with E-state index in [-0.39, 0.29) is 5.75 Å². The van der Waals surface area contributed by atoms with E-state index in [1.165, 1.54) is 0 Å². The second-order valence-corrected chi connectivity index (χ2v) is 4.28. The third kappa shape index (κ3) is 2.40. The molecule has 0 bridgehead atoms. The molecule has 0 heterocycles. The van der Waals surface area contributed by atoms with Crippen LogP contribution in [0.25, 0.3) is 0 Å². The van der Waals surface area contributed by atoms with Crippen LogP contribution in [-0.2, 0) is 16.8 Å². The van der Waals surface area contributed by atoms with E-state index >= 15 is 0 Å². The van der Waals surface area contributed by atoms with Gasteiger partial charge in [-0.2, -0.15) is 0 Å². The summed E-state index contributed by atoms with van der Waals surface area (Å²) < 4.78 is 20.2. The van der Waals surface area contributed by atoms with E-state index in [9.17, 15) is 4.21 Å². The maximum Gasteiger partial charge on any atom is 0.157 e. The van der Waals surface area contributed by atoms with Crippen LogP contribution in [0.1, 0.15) is 11.1 Å². The normalized spacial score (nSPS) is 12.9. The van der Waals surface area contributed by atoms with Gasteiger partial charge in [0.25, 0.3) is 0 Å². The first-order chi connectivity index (χ1) is 5.61. The number of benzene rings is 1. The quantitative estimate of drug-likeness (QED) is 0.817. The SMILES string of the molecule is Cc1c(Br)cccc1CS(=O)O. The molecule has 0 aromatic heterocycles. The molecule has 1 aromatic carbocycles. The van der Waals surface area contributed by atoms with Crippen LogP contribution in [-0.4, -0.2) is 8.76 Å². The molecule has 0 fully saturated rings. The molecule has 0 saturated heterocycles. The van der Waals surface area contributed by atoms with Gasteiger partial charge in [-0.15, -0.1) is 0 Å². The van der Waals surface area contributed by atoms with Gasteiger partial charge in [0.1, 0.15) is 0 Å². The van der Waals surface area contributed by atoms with Crippen molar-refractivity contribution in [2.24, 2.45) is 0 Å². The lowest BCUT2D eigenvalue weighted by molar-refractivity contribution is 0.563. The summed E-state index contributed by atoms with van der Waals surface area (Å²) in [6.45, 7) is 1.92. The minimum atomic E-state index is -1.76. The Morgan fingerprint density at radius 2 is 2.25 bits per heavy atom. The Balaban J connectivity index is 3.00. The van der Waals surface area contributed by atoms with E-state index in [4.69, 9.17) is 4.55 Å². The first kappa shape index (κ1) is 9.89. The molecule has 2 nitrogen and oxygen atoms in total. The van der Waals surface area contributed by atoms with Gasteiger partial charge in [0.05, 0.1) is 5.75 Å². The van der Waals surface area contributed by atoms with Crippen LogP contribution in [0.4, 0.5) is 0 Å². The van der Waals surface area contributed by atoms with Gasteiger partial charge < -0.3 is 4.55 Å². The Morgan fingerprint density at radius 3 is 2.83 bits per heavy atom. The average molecular weight is 249 g/mol. The maximum absolute atomic E-state index is 10.5. The highest BCUT2D eigenvalue weighted by Crippen LogP contribution is 2.19. The zero-order valence-electron chi connectivity index (χ0n) is 6.58. The third-order valence-corrected chi connectivity index (χ3v) is 3.08. The lowest BCUT2D eigenvalue weighted by Crippen LogP contribution is -1.95. The molecule has 12 heavy (non-hydrogen) atoms. The van der Waals surface area contributed by atoms with E-state index < -0.39 is 11.1 Å². The van der Waals surface area contributed by atoms with Gasteiger partial charge in [0, 0.05) is 4.47 Å². The molecule has 1 rings (SSSR count). The molecule has 1 unspecified atom stereocenters. The van der Waals surface area contributed by atoms with Crippen molar-refractivity contribution >= 4 is 27.0 Å². The second kappa shape index (κ2) is 4.16. The van der Waals surface area contributed by atoms with Crippen molar-refractivity contribution in [1.82, 2.24) is 0 Å². The average Bonchev–Trinajstić information content (AvgIpc) is 1.98. The van der Waals surface area contributed by atoms with Crippen LogP contribution in [0.3, 0.4) is 0 Å². The Morgan fingerprint density at radius 1 is 1.58 bits per heavy atom. The van der Waals surface area contributed by atoms with Gasteiger partial charge in [-0.1, -0.05) is 28.1 Å². The Kier molecular flexibility index (Phi) is 3.43. The van der Waals surface area contributed by atoms with Gasteiger partial charge in [-0.05, 0) is 24.1 Å². The summed E-state index contributed by atoms with van der Waals surface area (Å²) in [4.78, 5) is 0. The topological polar surface area (TPSA) is 37.3 Å². The van der Waals surface area contributed by atoms with Crippen LogP contribution >= 0.6 is 15.9 Å². The van der Waals surface area contributed by atoms with Crippen molar-refractivity contribution in [2.75, 3.05) is 0 Å². The van der Waals surface area contributed by atoms with Crippen molar-refractivity contribution in [3.05, 3.63) is 33.8 Å². The van der Waals surface area contributed by atoms with Crippen molar-refractivity contribution in [1.29, 1.82) is 0 Å². The standard InChI is InChI=1S/C8H9BrO2S/c1-6-7(5-12(10)11)3-2-4-8(6)9/h2-4H,5H2,1H3,(H,10,11). The molecular weight excluding hydrogens is 240 g/mol. The van der Waals surface area contributed by atoms with Crippen LogP contribution in [0.15, 0.2) is 22.7 Å². The highest BCUT2D eigenvalue weighted by Gasteiger charge is 2.03. The van der Waals surface area contributed by atoms with Crippen LogP contribution in [0.5, 0.6) is 0 Å². The summed E-state index contributed by atoms with van der Waals surface area (Å²) in [5.74, 6) is 0.200. The number of hydrogen-bond donors (Lipinski definition) is 1. The fourth-order valence-electron chi connectivity index (χ4n) is 0.942. The minimum Gasteiger partial charge on any atom is -0.306 e. The molecule has 66 valence electrons. The van der Waals surface area contributed by atoms with Gasteiger partial charge in [0.2, 0.25) is 0 Å². The Bertz CT molecular complexity index is 312. The fourth-order valence-corrected chi connectivity index (χ4v) is 1.93. The predicted octanol–water partition coefficient (Wildman–Crippen LogP) is 2.48. The second-order valence-electron chi connectivity index (χ2n) is 2.49. The van der Waals surface area contributed by atoms with Gasteiger partial charge >= 0.3 is 0 Å². The minimum absolute atomic E-state index is 0.200. The van der Waals surface area contributed by atoms with Crippen LogP contribution in [0.2, 0.25) is 0 Å². The molecule has 1 atom stereocenters. The largest absolute Gasteiger partial charge is 0.306 e. The van der Waals surface area contributed by atoms with E-state index in [0.717, 1.165) is 15.6 Å². The molecule has 0 aliphatic heterocycles. The molecular formula is C8H9BrO2S. The fraction of sp³-hybridized carbons (Fsp3) is 0.250. The Labute approximate surface area is 82.4 Å². The molecule has 1 aromatic rings. The van der Waals surface area contributed by atoms with E-state index in [0.29, 0.717) is 0 Å². The summed E-state index contributed by atoms with van der Waals surface area (Å²) in [5.41, 5.74) is 1.94. The number of hydrogen-bond acceptors (Lipinski definition) is 1. The molecule has 0 saturated carbocycles. The summed E-state index contributed by atoms with van der Waals surface area (Å²) in [7, 11) is 0. The summed E-state index contributed by atoms with van der Waals surface area (Å²) in [6, 6.07) is 5.63. The van der Waals surface area contributed by atoms with Crippen molar-refractivity contribution in [3.8, 4) is 0 Å². The lowest BCUT2D eigenvalue weighted by atomic mass is 10.1. The molecule has 0 aliphatic carbocycles. The molecule has 1 N–H and O–H groups in total. The first-order valence-electron chi connectivity index (χ1n) is 3.42. The zero-order valence-corrected chi connectivity index (χ0v) is 8.98. The molecule has 0 amide bonds. The number of halogens is 1. The lowest BCUT2D eigenvalue weighted by Gasteiger charge is -2.04. The van der Waals surface area contributed by atoms with Gasteiger partial charge in [0.15, 0.2) is 11.1 Å². The first-order valence-corrected chi connectivity index (χ1v) is 5.49. The molecule has 0 radical (unpaired) electrons. The molecule has 4 heteroatoms. The monoisotopic (exact) mass is 248 g/mol. The molecule has 0 spiro atoms. The highest BCUT2D eigenvalue weighted by atomic mass is 79.9. The highest BCUT2D eigenvalue weighted by molar-refractivity contribution is 9.10. The third-order valence-electron chi connectivity index (χ3n) is 1.66. The van der Waals surface area contributed by atoms with Crippen molar-refractivity contribution in [2.45, 2.75) is 12.7 Å². The summed E-state index contributed by atoms with van der Waals surface area (Å²) in [5, 5.41) is 0. The van der Waals surface area contributed by atoms with E-state index in [2.05, 4.69) is 15.9 Å². The van der Waals surface area contributed by atoms with Crippen molar-refractivity contribution in [3.63, 3.8) is 0 Å². The predicted molar refractivity (Wildman–Crippen MR) is 53.4 cm³/mol. The smallest absolute Gasteiger partial charge is 0.157 e. The summed E-state index contributed by atoms with van der Waals surface area (Å²) >= 11 is 1.60. The molecule has 0 aliphatic rings. The van der Waals surface area contributed by atoms with E-state index in [1.54, 1.807) is 0 Å². The zero-order chi connectivity index (χ0) is 9.14. The van der Waals surface area contributed by atoms with Gasteiger partial charge in [-0.3, -0.25) is 0 Å². The van der Waals surface area contributed by atoms with Gasteiger partial charge in [-0.25, -0.2) is 4.21 Å². The van der Waals surface area contributed by atoms with E-state index in [1.807, 2.05) is 25.1 Å². The summed E-state index contributed by atoms with van der Waals surface area (Å²) in [6.07, 6.45) is 0. The Hall–Kier alpha value is -0.190. The van der Waals surface area contributed by atoms with Crippen LogP contribution in [0, 0.1) is 6.92 Å². The van der Waals surface area contributed by atoms with Crippen LogP contribution < -0.4 is 0 Å². The van der Waals surface area contributed by atoms with Crippen molar-refractivity contribution < 1.29 is 8.76 Å².